The molecule has 3 aromatic carbocycles. The van der Waals surface area contributed by atoms with E-state index < -0.39 is 7.60 Å². The summed E-state index contributed by atoms with van der Waals surface area (Å²) in [6, 6.07) is 24.9. The van der Waals surface area contributed by atoms with Gasteiger partial charge < -0.3 is 13.9 Å². The van der Waals surface area contributed by atoms with Crippen LogP contribution in [0.15, 0.2) is 72.8 Å². The Bertz CT molecular complexity index is 961. The molecule has 4 nitrogen and oxygen atoms in total. The lowest BCUT2D eigenvalue weighted by Gasteiger charge is -2.28. The summed E-state index contributed by atoms with van der Waals surface area (Å²) in [5, 5.41) is 0. The first-order chi connectivity index (χ1) is 14.5. The molecule has 3 rings (SSSR count). The normalized spacial score (nSPS) is 11.5. The number of para-hydroxylation sites is 2. The van der Waals surface area contributed by atoms with Crippen LogP contribution in [0.5, 0.6) is 0 Å². The van der Waals surface area contributed by atoms with Crippen molar-refractivity contribution in [3.8, 4) is 0 Å². The Labute approximate surface area is 180 Å². The second kappa shape index (κ2) is 10.1. The molecule has 30 heavy (non-hydrogen) atoms. The Morgan fingerprint density at radius 2 is 1.20 bits per heavy atom. The number of aryl methyl sites for hydroxylation is 2. The Morgan fingerprint density at radius 1 is 0.733 bits per heavy atom. The number of nitrogens with zero attached hydrogens (tertiary/aromatic N) is 1. The molecular weight excluding hydrogens is 393 g/mol. The van der Waals surface area contributed by atoms with Crippen LogP contribution in [0, 0.1) is 13.8 Å². The molecule has 3 aromatic rings. The van der Waals surface area contributed by atoms with Crippen molar-refractivity contribution < 1.29 is 13.6 Å². The van der Waals surface area contributed by atoms with Crippen molar-refractivity contribution in [2.45, 2.75) is 33.9 Å². The van der Waals surface area contributed by atoms with Gasteiger partial charge in [-0.05, 0) is 68.7 Å². The number of anilines is 3. The van der Waals surface area contributed by atoms with Gasteiger partial charge in [-0.15, -0.1) is 0 Å². The zero-order valence-corrected chi connectivity index (χ0v) is 19.1. The van der Waals surface area contributed by atoms with Crippen molar-refractivity contribution in [1.29, 1.82) is 0 Å². The maximum Gasteiger partial charge on any atom is 0.335 e. The third-order valence-corrected chi connectivity index (χ3v) is 6.99. The Hall–Kier alpha value is -2.39. The first-order valence-corrected chi connectivity index (χ1v) is 12.1. The summed E-state index contributed by atoms with van der Waals surface area (Å²) in [7, 11) is -3.13. The summed E-state index contributed by atoms with van der Waals surface area (Å²) in [5.74, 6) is 0. The highest BCUT2D eigenvalue weighted by molar-refractivity contribution is 7.53. The summed E-state index contributed by atoms with van der Waals surface area (Å²) in [4.78, 5) is 2.26. The molecule has 0 heterocycles. The fourth-order valence-corrected chi connectivity index (χ4v) is 5.23. The highest BCUT2D eigenvalue weighted by Crippen LogP contribution is 2.51. The zero-order chi connectivity index (χ0) is 21.6. The average molecular weight is 423 g/mol. The third kappa shape index (κ3) is 5.20. The maximum absolute atomic E-state index is 12.9. The molecule has 0 amide bonds. The Morgan fingerprint density at radius 3 is 1.63 bits per heavy atom. The molecule has 0 aliphatic rings. The molecule has 0 atom stereocenters. The van der Waals surface area contributed by atoms with Gasteiger partial charge >= 0.3 is 7.60 Å². The average Bonchev–Trinajstić information content (AvgIpc) is 2.72. The molecule has 0 bridgehead atoms. The van der Waals surface area contributed by atoms with Gasteiger partial charge in [0, 0.05) is 17.1 Å². The standard InChI is InChI=1S/C25H30NO3P/c1-5-28-30(27,29-6-2)19-22-15-17-23(18-16-22)26(24-13-9-7-11-20(24)3)25-14-10-8-12-21(25)4/h7-18H,5-6,19H2,1-4H3. The first kappa shape index (κ1) is 22.3. The molecule has 0 saturated heterocycles. The van der Waals surface area contributed by atoms with Gasteiger partial charge in [0.05, 0.1) is 19.4 Å². The summed E-state index contributed by atoms with van der Waals surface area (Å²) in [6.45, 7) is 8.63. The van der Waals surface area contributed by atoms with Crippen LogP contribution in [0.3, 0.4) is 0 Å². The number of benzene rings is 3. The molecule has 0 spiro atoms. The van der Waals surface area contributed by atoms with E-state index in [2.05, 4.69) is 79.4 Å². The summed E-state index contributed by atoms with van der Waals surface area (Å²) >= 11 is 0. The smallest absolute Gasteiger partial charge is 0.310 e. The van der Waals surface area contributed by atoms with Gasteiger partial charge in [0.2, 0.25) is 0 Å². The number of hydrogen-bond acceptors (Lipinski definition) is 4. The van der Waals surface area contributed by atoms with Crippen molar-refractivity contribution in [2.24, 2.45) is 0 Å². The highest BCUT2D eigenvalue weighted by Gasteiger charge is 2.24. The zero-order valence-electron chi connectivity index (χ0n) is 18.2. The van der Waals surface area contributed by atoms with Crippen LogP contribution in [0.4, 0.5) is 17.1 Å². The monoisotopic (exact) mass is 423 g/mol. The van der Waals surface area contributed by atoms with E-state index in [-0.39, 0.29) is 6.16 Å². The minimum atomic E-state index is -3.13. The largest absolute Gasteiger partial charge is 0.335 e. The van der Waals surface area contributed by atoms with E-state index in [1.165, 1.54) is 11.1 Å². The minimum absolute atomic E-state index is 0.268. The first-order valence-electron chi connectivity index (χ1n) is 10.4. The second-order valence-electron chi connectivity index (χ2n) is 7.18. The van der Waals surface area contributed by atoms with Gasteiger partial charge in [-0.3, -0.25) is 4.57 Å². The molecule has 0 saturated carbocycles. The molecular formula is C25H30NO3P. The van der Waals surface area contributed by atoms with Gasteiger partial charge in [0.15, 0.2) is 0 Å². The Kier molecular flexibility index (Phi) is 7.49. The van der Waals surface area contributed by atoms with Crippen molar-refractivity contribution >= 4 is 24.7 Å². The Balaban J connectivity index is 1.99. The molecule has 0 aliphatic carbocycles. The lowest BCUT2D eigenvalue weighted by Crippen LogP contribution is -2.12. The molecule has 0 radical (unpaired) electrons. The summed E-state index contributed by atoms with van der Waals surface area (Å²) < 4.78 is 23.8. The van der Waals surface area contributed by atoms with Gasteiger partial charge in [0.1, 0.15) is 0 Å². The summed E-state index contributed by atoms with van der Waals surface area (Å²) in [6.07, 6.45) is 0.268. The topological polar surface area (TPSA) is 38.8 Å². The van der Waals surface area contributed by atoms with Gasteiger partial charge in [-0.1, -0.05) is 48.5 Å². The predicted molar refractivity (Wildman–Crippen MR) is 125 cm³/mol. The van der Waals surface area contributed by atoms with Crippen LogP contribution in [0.1, 0.15) is 30.5 Å². The van der Waals surface area contributed by atoms with Crippen molar-refractivity contribution in [3.05, 3.63) is 89.5 Å². The number of hydrogen-bond donors (Lipinski definition) is 0. The molecule has 5 heteroatoms. The number of rotatable bonds is 9. The minimum Gasteiger partial charge on any atom is -0.310 e. The third-order valence-electron chi connectivity index (χ3n) is 4.94. The lowest BCUT2D eigenvalue weighted by atomic mass is 10.1. The molecule has 0 aromatic heterocycles. The van der Waals surface area contributed by atoms with Crippen LogP contribution in [-0.4, -0.2) is 13.2 Å². The van der Waals surface area contributed by atoms with Gasteiger partial charge in [-0.2, -0.15) is 0 Å². The SMILES string of the molecule is CCOP(=O)(Cc1ccc(N(c2ccccc2C)c2ccccc2C)cc1)OCC. The molecule has 158 valence electrons. The van der Waals surface area contributed by atoms with E-state index in [9.17, 15) is 4.57 Å². The second-order valence-corrected chi connectivity index (χ2v) is 9.23. The highest BCUT2D eigenvalue weighted by atomic mass is 31.2. The van der Waals surface area contributed by atoms with E-state index in [1.807, 2.05) is 26.0 Å². The van der Waals surface area contributed by atoms with E-state index >= 15 is 0 Å². The van der Waals surface area contributed by atoms with Crippen LogP contribution in [0.25, 0.3) is 0 Å². The molecule has 0 unspecified atom stereocenters. The quantitative estimate of drug-likeness (QED) is 0.333. The molecule has 0 aliphatic heterocycles. The van der Waals surface area contributed by atoms with E-state index in [0.29, 0.717) is 13.2 Å². The van der Waals surface area contributed by atoms with E-state index in [1.54, 1.807) is 0 Å². The van der Waals surface area contributed by atoms with Crippen LogP contribution >= 0.6 is 7.60 Å². The van der Waals surface area contributed by atoms with Crippen LogP contribution in [0.2, 0.25) is 0 Å². The fourth-order valence-electron chi connectivity index (χ4n) is 3.53. The van der Waals surface area contributed by atoms with Crippen molar-refractivity contribution in [1.82, 2.24) is 0 Å². The summed E-state index contributed by atoms with van der Waals surface area (Å²) in [5.41, 5.74) is 6.63. The molecule has 0 N–H and O–H groups in total. The molecule has 0 fully saturated rings. The predicted octanol–water partition coefficient (Wildman–Crippen LogP) is 7.54. The van der Waals surface area contributed by atoms with Crippen molar-refractivity contribution in [3.63, 3.8) is 0 Å². The van der Waals surface area contributed by atoms with Crippen LogP contribution in [-0.2, 0) is 19.8 Å². The van der Waals surface area contributed by atoms with Gasteiger partial charge in [-0.25, -0.2) is 0 Å². The fraction of sp³-hybridized carbons (Fsp3) is 0.280. The van der Waals surface area contributed by atoms with E-state index in [4.69, 9.17) is 9.05 Å². The lowest BCUT2D eigenvalue weighted by molar-refractivity contribution is 0.219. The van der Waals surface area contributed by atoms with Crippen LogP contribution < -0.4 is 4.90 Å². The van der Waals surface area contributed by atoms with Crippen molar-refractivity contribution in [2.75, 3.05) is 18.1 Å². The van der Waals surface area contributed by atoms with Gasteiger partial charge in [0.25, 0.3) is 0 Å². The van der Waals surface area contributed by atoms with E-state index in [0.717, 1.165) is 22.6 Å². The maximum atomic E-state index is 12.9.